The summed E-state index contributed by atoms with van der Waals surface area (Å²) in [5.41, 5.74) is 3.75. The molecule has 1 aliphatic rings. The van der Waals surface area contributed by atoms with Gasteiger partial charge in [0.25, 0.3) is 0 Å². The molecule has 2 heteroatoms. The summed E-state index contributed by atoms with van der Waals surface area (Å²) in [6.45, 7) is 2.05. The van der Waals surface area contributed by atoms with Crippen LogP contribution in [0.5, 0.6) is 0 Å². The number of aryl methyl sites for hydroxylation is 3. The Morgan fingerprint density at radius 2 is 2.00 bits per heavy atom. The van der Waals surface area contributed by atoms with E-state index in [1.807, 2.05) is 25.1 Å². The lowest BCUT2D eigenvalue weighted by molar-refractivity contribution is 0.187. The van der Waals surface area contributed by atoms with Crippen LogP contribution in [-0.2, 0) is 19.3 Å². The van der Waals surface area contributed by atoms with Gasteiger partial charge in [0.15, 0.2) is 0 Å². The molecule has 3 rings (SSSR count). The van der Waals surface area contributed by atoms with Gasteiger partial charge in [-0.2, -0.15) is 0 Å². The van der Waals surface area contributed by atoms with Crippen LogP contribution >= 0.6 is 0 Å². The molecule has 0 fully saturated rings. The second-order valence-corrected chi connectivity index (χ2v) is 4.94. The lowest BCUT2D eigenvalue weighted by atomic mass is 10.0. The van der Waals surface area contributed by atoms with Crippen LogP contribution in [0.15, 0.2) is 34.7 Å². The van der Waals surface area contributed by atoms with Crippen molar-refractivity contribution in [2.24, 2.45) is 0 Å². The highest BCUT2D eigenvalue weighted by Crippen LogP contribution is 2.29. The third-order valence-corrected chi connectivity index (χ3v) is 3.74. The number of fused-ring (bicyclic) bond motifs is 1. The molecule has 2 aromatic rings. The van der Waals surface area contributed by atoms with E-state index in [2.05, 4.69) is 12.1 Å². The Balaban J connectivity index is 1.89. The van der Waals surface area contributed by atoms with Crippen molar-refractivity contribution in [1.82, 2.24) is 0 Å². The van der Waals surface area contributed by atoms with Crippen LogP contribution in [0.1, 0.15) is 47.7 Å². The van der Waals surface area contributed by atoms with Crippen LogP contribution in [0.3, 0.4) is 0 Å². The van der Waals surface area contributed by atoms with Gasteiger partial charge in [0.1, 0.15) is 17.6 Å². The summed E-state index contributed by atoms with van der Waals surface area (Å²) >= 11 is 0. The SMILES string of the molecule is CCc1ccc(C(O)c2ccc3c(c2)CCC3)o1. The predicted molar refractivity (Wildman–Crippen MR) is 70.6 cm³/mol. The number of hydrogen-bond acceptors (Lipinski definition) is 2. The normalized spacial score (nSPS) is 15.7. The lowest BCUT2D eigenvalue weighted by Crippen LogP contribution is -1.99. The standard InChI is InChI=1S/C16H18O2/c1-2-14-8-9-15(18-14)16(17)13-7-6-11-4-3-5-12(11)10-13/h6-10,16-17H,2-5H2,1H3. The molecule has 94 valence electrons. The Hall–Kier alpha value is -1.54. The van der Waals surface area contributed by atoms with Crippen LogP contribution in [-0.4, -0.2) is 5.11 Å². The number of benzene rings is 1. The zero-order chi connectivity index (χ0) is 12.5. The first kappa shape index (κ1) is 11.5. The van der Waals surface area contributed by atoms with Crippen molar-refractivity contribution in [3.63, 3.8) is 0 Å². The minimum absolute atomic E-state index is 0.642. The van der Waals surface area contributed by atoms with Crippen molar-refractivity contribution < 1.29 is 9.52 Å². The first-order chi connectivity index (χ1) is 8.78. The molecule has 0 amide bonds. The van der Waals surface area contributed by atoms with Crippen LogP contribution < -0.4 is 0 Å². The first-order valence-corrected chi connectivity index (χ1v) is 6.66. The first-order valence-electron chi connectivity index (χ1n) is 6.66. The molecule has 18 heavy (non-hydrogen) atoms. The summed E-state index contributed by atoms with van der Waals surface area (Å²) in [6.07, 6.45) is 3.75. The number of furan rings is 1. The van der Waals surface area contributed by atoms with E-state index < -0.39 is 6.10 Å². The Labute approximate surface area is 107 Å². The van der Waals surface area contributed by atoms with E-state index in [1.54, 1.807) is 0 Å². The molecule has 1 unspecified atom stereocenters. The van der Waals surface area contributed by atoms with E-state index >= 15 is 0 Å². The summed E-state index contributed by atoms with van der Waals surface area (Å²) in [6, 6.07) is 10.1. The summed E-state index contributed by atoms with van der Waals surface area (Å²) in [4.78, 5) is 0. The van der Waals surface area contributed by atoms with Crippen molar-refractivity contribution in [3.05, 3.63) is 58.5 Å². The Bertz CT molecular complexity index is 554. The van der Waals surface area contributed by atoms with Gasteiger partial charge in [0.05, 0.1) is 0 Å². The Kier molecular flexibility index (Phi) is 2.96. The maximum absolute atomic E-state index is 10.3. The van der Waals surface area contributed by atoms with E-state index in [1.165, 1.54) is 24.0 Å². The minimum Gasteiger partial charge on any atom is -0.463 e. The summed E-state index contributed by atoms with van der Waals surface area (Å²) in [7, 11) is 0. The van der Waals surface area contributed by atoms with E-state index in [0.717, 1.165) is 24.2 Å². The highest BCUT2D eigenvalue weighted by Gasteiger charge is 2.17. The zero-order valence-corrected chi connectivity index (χ0v) is 10.6. The summed E-state index contributed by atoms with van der Waals surface area (Å²) < 4.78 is 5.62. The van der Waals surface area contributed by atoms with Gasteiger partial charge in [-0.1, -0.05) is 25.1 Å². The van der Waals surface area contributed by atoms with Crippen molar-refractivity contribution in [2.75, 3.05) is 0 Å². The van der Waals surface area contributed by atoms with E-state index in [0.29, 0.717) is 5.76 Å². The highest BCUT2D eigenvalue weighted by atomic mass is 16.4. The van der Waals surface area contributed by atoms with Gasteiger partial charge in [-0.3, -0.25) is 0 Å². The maximum atomic E-state index is 10.3. The molecule has 0 aliphatic heterocycles. The van der Waals surface area contributed by atoms with Crippen LogP contribution in [0.25, 0.3) is 0 Å². The molecule has 0 saturated heterocycles. The fourth-order valence-corrected chi connectivity index (χ4v) is 2.66. The maximum Gasteiger partial charge on any atom is 0.137 e. The van der Waals surface area contributed by atoms with Gasteiger partial charge >= 0.3 is 0 Å². The zero-order valence-electron chi connectivity index (χ0n) is 10.6. The lowest BCUT2D eigenvalue weighted by Gasteiger charge is -2.10. The number of hydrogen-bond donors (Lipinski definition) is 1. The number of aliphatic hydroxyl groups is 1. The molecule has 0 bridgehead atoms. The van der Waals surface area contributed by atoms with E-state index in [4.69, 9.17) is 4.42 Å². The van der Waals surface area contributed by atoms with E-state index in [-0.39, 0.29) is 0 Å². The second kappa shape index (κ2) is 4.62. The van der Waals surface area contributed by atoms with Gasteiger partial charge < -0.3 is 9.52 Å². The summed E-state index contributed by atoms with van der Waals surface area (Å²) in [5, 5.41) is 10.3. The Morgan fingerprint density at radius 1 is 1.17 bits per heavy atom. The molecule has 0 spiro atoms. The molecule has 1 heterocycles. The number of rotatable bonds is 3. The molecule has 1 aliphatic carbocycles. The van der Waals surface area contributed by atoms with Gasteiger partial charge in [-0.05, 0) is 48.1 Å². The average molecular weight is 242 g/mol. The predicted octanol–water partition coefficient (Wildman–Crippen LogP) is 3.41. The van der Waals surface area contributed by atoms with Crippen LogP contribution in [0, 0.1) is 0 Å². The van der Waals surface area contributed by atoms with Crippen LogP contribution in [0.2, 0.25) is 0 Å². The fourth-order valence-electron chi connectivity index (χ4n) is 2.66. The molecule has 1 aromatic carbocycles. The van der Waals surface area contributed by atoms with Gasteiger partial charge in [-0.15, -0.1) is 0 Å². The van der Waals surface area contributed by atoms with E-state index in [9.17, 15) is 5.11 Å². The van der Waals surface area contributed by atoms with Crippen molar-refractivity contribution >= 4 is 0 Å². The topological polar surface area (TPSA) is 33.4 Å². The Morgan fingerprint density at radius 3 is 2.78 bits per heavy atom. The molecule has 2 nitrogen and oxygen atoms in total. The smallest absolute Gasteiger partial charge is 0.137 e. The quantitative estimate of drug-likeness (QED) is 0.894. The molecule has 1 aromatic heterocycles. The van der Waals surface area contributed by atoms with Crippen LogP contribution in [0.4, 0.5) is 0 Å². The molecule has 1 N–H and O–H groups in total. The van der Waals surface area contributed by atoms with Crippen molar-refractivity contribution in [2.45, 2.75) is 38.7 Å². The van der Waals surface area contributed by atoms with Crippen molar-refractivity contribution in [1.29, 1.82) is 0 Å². The second-order valence-electron chi connectivity index (χ2n) is 4.94. The third-order valence-electron chi connectivity index (χ3n) is 3.74. The fraction of sp³-hybridized carbons (Fsp3) is 0.375. The monoisotopic (exact) mass is 242 g/mol. The average Bonchev–Trinajstić information content (AvgIpc) is 3.05. The highest BCUT2D eigenvalue weighted by molar-refractivity contribution is 5.38. The minimum atomic E-state index is -0.642. The van der Waals surface area contributed by atoms with Gasteiger partial charge in [-0.25, -0.2) is 0 Å². The third kappa shape index (κ3) is 1.97. The van der Waals surface area contributed by atoms with Gasteiger partial charge in [0.2, 0.25) is 0 Å². The molecule has 0 saturated carbocycles. The summed E-state index contributed by atoms with van der Waals surface area (Å²) in [5.74, 6) is 1.56. The largest absolute Gasteiger partial charge is 0.463 e. The molecular weight excluding hydrogens is 224 g/mol. The van der Waals surface area contributed by atoms with Crippen molar-refractivity contribution in [3.8, 4) is 0 Å². The van der Waals surface area contributed by atoms with Gasteiger partial charge in [0, 0.05) is 6.42 Å². The molecular formula is C16H18O2. The molecule has 0 radical (unpaired) electrons. The number of aliphatic hydroxyl groups excluding tert-OH is 1. The molecule has 1 atom stereocenters.